The van der Waals surface area contributed by atoms with Gasteiger partial charge in [0.25, 0.3) is 5.91 Å². The first-order chi connectivity index (χ1) is 5.66. The third-order valence-corrected chi connectivity index (χ3v) is 2.26. The van der Waals surface area contributed by atoms with E-state index in [1.807, 2.05) is 0 Å². The zero-order valence-corrected chi connectivity index (χ0v) is 7.47. The molecule has 1 heterocycles. The number of rotatable bonds is 3. The summed E-state index contributed by atoms with van der Waals surface area (Å²) in [6, 6.07) is -0.936. The van der Waals surface area contributed by atoms with Crippen molar-refractivity contribution in [2.24, 2.45) is 0 Å². The highest BCUT2D eigenvalue weighted by Gasteiger charge is 2.34. The minimum Gasteiger partial charge on any atom is -0.303 e. The van der Waals surface area contributed by atoms with Gasteiger partial charge in [0.05, 0.1) is 0 Å². The van der Waals surface area contributed by atoms with Crippen LogP contribution in [0.15, 0.2) is 0 Å². The Hall–Kier alpha value is -0.960. The second kappa shape index (κ2) is 3.63. The van der Waals surface area contributed by atoms with Crippen molar-refractivity contribution in [3.05, 3.63) is 0 Å². The second-order valence-corrected chi connectivity index (χ2v) is 3.02. The van der Waals surface area contributed by atoms with Crippen LogP contribution in [0.2, 0.25) is 0 Å². The monoisotopic (exact) mass is 188 g/mol. The lowest BCUT2D eigenvalue weighted by Gasteiger charge is -2.13. The molecule has 66 valence electrons. The van der Waals surface area contributed by atoms with Crippen LogP contribution in [0.3, 0.4) is 0 Å². The fourth-order valence-corrected chi connectivity index (χ4v) is 1.37. The predicted molar refractivity (Wildman–Crippen MR) is 44.2 cm³/mol. The van der Waals surface area contributed by atoms with Crippen LogP contribution in [0.25, 0.3) is 0 Å². The van der Waals surface area contributed by atoms with Crippen molar-refractivity contribution in [3.63, 3.8) is 0 Å². The van der Waals surface area contributed by atoms with E-state index in [1.165, 1.54) is 4.67 Å². The highest BCUT2D eigenvalue weighted by molar-refractivity contribution is 7.15. The SMILES string of the molecule is O=CCCC1C(=O)NC(=O)N1P. The first kappa shape index (κ1) is 9.13. The molecule has 2 unspecified atom stereocenters. The van der Waals surface area contributed by atoms with Crippen LogP contribution in [0.5, 0.6) is 0 Å². The molecule has 0 spiro atoms. The van der Waals surface area contributed by atoms with Crippen molar-refractivity contribution in [1.29, 1.82) is 0 Å². The summed E-state index contributed by atoms with van der Waals surface area (Å²) in [5, 5.41) is 2.14. The minimum absolute atomic E-state index is 0.288. The zero-order chi connectivity index (χ0) is 9.14. The molecule has 1 aliphatic heterocycles. The van der Waals surface area contributed by atoms with Crippen LogP contribution < -0.4 is 5.32 Å². The number of urea groups is 1. The van der Waals surface area contributed by atoms with Crippen LogP contribution >= 0.6 is 9.39 Å². The fraction of sp³-hybridized carbons (Fsp3) is 0.500. The number of carbonyl (C=O) groups excluding carboxylic acids is 3. The Bertz CT molecular complexity index is 231. The van der Waals surface area contributed by atoms with Crippen molar-refractivity contribution in [1.82, 2.24) is 9.99 Å². The molecule has 0 aliphatic carbocycles. The molecular formula is C6H9N2O3P. The average molecular weight is 188 g/mol. The molecule has 1 aliphatic rings. The molecule has 1 N–H and O–H groups in total. The molecule has 0 bridgehead atoms. The number of aldehydes is 1. The van der Waals surface area contributed by atoms with E-state index in [0.717, 1.165) is 6.29 Å². The summed E-state index contributed by atoms with van der Waals surface area (Å²) in [7, 11) is 2.15. The van der Waals surface area contributed by atoms with E-state index in [1.54, 1.807) is 0 Å². The third-order valence-electron chi connectivity index (χ3n) is 1.66. The van der Waals surface area contributed by atoms with E-state index in [-0.39, 0.29) is 12.3 Å². The molecule has 5 nitrogen and oxygen atoms in total. The molecule has 3 amide bonds. The van der Waals surface area contributed by atoms with Gasteiger partial charge in [-0.05, 0) is 15.8 Å². The van der Waals surface area contributed by atoms with Gasteiger partial charge in [-0.3, -0.25) is 14.8 Å². The Morgan fingerprint density at radius 3 is 2.67 bits per heavy atom. The number of hydrogen-bond acceptors (Lipinski definition) is 3. The largest absolute Gasteiger partial charge is 0.327 e. The highest BCUT2D eigenvalue weighted by Crippen LogP contribution is 2.17. The molecule has 6 heteroatoms. The summed E-state index contributed by atoms with van der Waals surface area (Å²) in [6.45, 7) is 0. The molecule has 0 aromatic rings. The number of carbonyl (C=O) groups is 3. The molecular weight excluding hydrogens is 179 g/mol. The number of amides is 3. The van der Waals surface area contributed by atoms with Gasteiger partial charge in [0, 0.05) is 6.42 Å². The van der Waals surface area contributed by atoms with Crippen molar-refractivity contribution in [3.8, 4) is 0 Å². The van der Waals surface area contributed by atoms with Crippen LogP contribution in [0.4, 0.5) is 4.79 Å². The summed E-state index contributed by atoms with van der Waals surface area (Å²) in [5.41, 5.74) is 0. The summed E-state index contributed by atoms with van der Waals surface area (Å²) in [4.78, 5) is 31.9. The van der Waals surface area contributed by atoms with E-state index in [2.05, 4.69) is 14.7 Å². The first-order valence-corrected chi connectivity index (χ1v) is 4.01. The summed E-state index contributed by atoms with van der Waals surface area (Å²) in [5.74, 6) is -0.336. The summed E-state index contributed by atoms with van der Waals surface area (Å²) in [6.07, 6.45) is 1.40. The zero-order valence-electron chi connectivity index (χ0n) is 6.32. The first-order valence-electron chi connectivity index (χ1n) is 3.49. The molecule has 1 fully saturated rings. The van der Waals surface area contributed by atoms with Gasteiger partial charge in [0.15, 0.2) is 0 Å². The molecule has 0 aromatic heterocycles. The topological polar surface area (TPSA) is 66.5 Å². The van der Waals surface area contributed by atoms with Crippen molar-refractivity contribution in [2.75, 3.05) is 0 Å². The number of nitrogens with zero attached hydrogens (tertiary/aromatic N) is 1. The van der Waals surface area contributed by atoms with Gasteiger partial charge in [-0.25, -0.2) is 4.79 Å². The van der Waals surface area contributed by atoms with Crippen LogP contribution in [0.1, 0.15) is 12.8 Å². The molecule has 2 atom stereocenters. The van der Waals surface area contributed by atoms with E-state index in [9.17, 15) is 14.4 Å². The molecule has 12 heavy (non-hydrogen) atoms. The lowest BCUT2D eigenvalue weighted by Crippen LogP contribution is -2.26. The Balaban J connectivity index is 2.57. The maximum Gasteiger partial charge on any atom is 0.327 e. The Kier molecular flexibility index (Phi) is 2.76. The number of nitrogens with one attached hydrogen (secondary N) is 1. The van der Waals surface area contributed by atoms with Crippen molar-refractivity contribution < 1.29 is 14.4 Å². The Morgan fingerprint density at radius 1 is 1.58 bits per heavy atom. The summed E-state index contributed by atoms with van der Waals surface area (Å²) < 4.78 is 1.23. The Labute approximate surface area is 71.7 Å². The molecule has 1 rings (SSSR count). The maximum absolute atomic E-state index is 11.0. The number of hydrogen-bond donors (Lipinski definition) is 1. The van der Waals surface area contributed by atoms with Gasteiger partial charge in [-0.1, -0.05) is 0 Å². The molecule has 0 aromatic carbocycles. The van der Waals surface area contributed by atoms with Gasteiger partial charge in [0.2, 0.25) is 0 Å². The number of imide groups is 1. The van der Waals surface area contributed by atoms with Crippen LogP contribution in [-0.2, 0) is 9.59 Å². The van der Waals surface area contributed by atoms with Crippen molar-refractivity contribution >= 4 is 27.6 Å². The van der Waals surface area contributed by atoms with Crippen LogP contribution in [0, 0.1) is 0 Å². The van der Waals surface area contributed by atoms with Crippen LogP contribution in [-0.4, -0.2) is 28.9 Å². The van der Waals surface area contributed by atoms with E-state index in [4.69, 9.17) is 0 Å². The van der Waals surface area contributed by atoms with Gasteiger partial charge in [-0.15, -0.1) is 0 Å². The third kappa shape index (κ3) is 1.61. The lowest BCUT2D eigenvalue weighted by atomic mass is 10.2. The fourth-order valence-electron chi connectivity index (χ4n) is 1.02. The lowest BCUT2D eigenvalue weighted by molar-refractivity contribution is -0.121. The summed E-state index contributed by atoms with van der Waals surface area (Å²) >= 11 is 0. The van der Waals surface area contributed by atoms with E-state index < -0.39 is 12.1 Å². The van der Waals surface area contributed by atoms with E-state index >= 15 is 0 Å². The normalized spacial score (nSPS) is 22.8. The molecule has 1 saturated heterocycles. The quantitative estimate of drug-likeness (QED) is 0.375. The smallest absolute Gasteiger partial charge is 0.303 e. The standard InChI is InChI=1S/C6H9N2O3P/c9-3-1-2-4-5(10)7-6(11)8(4)12/h3-4H,1-2,12H2,(H,7,10,11). The minimum atomic E-state index is -0.507. The van der Waals surface area contributed by atoms with Gasteiger partial charge >= 0.3 is 6.03 Å². The molecule has 0 saturated carbocycles. The van der Waals surface area contributed by atoms with Crippen molar-refractivity contribution in [2.45, 2.75) is 18.9 Å². The van der Waals surface area contributed by atoms with Gasteiger partial charge < -0.3 is 4.79 Å². The predicted octanol–water partition coefficient (Wildman–Crippen LogP) is -0.324. The maximum atomic E-state index is 11.0. The highest BCUT2D eigenvalue weighted by atomic mass is 31.0. The average Bonchev–Trinajstić information content (AvgIpc) is 2.25. The Morgan fingerprint density at radius 2 is 2.25 bits per heavy atom. The van der Waals surface area contributed by atoms with Gasteiger partial charge in [-0.2, -0.15) is 0 Å². The second-order valence-electron chi connectivity index (χ2n) is 2.46. The van der Waals surface area contributed by atoms with Gasteiger partial charge in [0.1, 0.15) is 12.3 Å². The van der Waals surface area contributed by atoms with E-state index in [0.29, 0.717) is 6.42 Å². The molecule has 0 radical (unpaired) electrons.